The summed E-state index contributed by atoms with van der Waals surface area (Å²) in [5, 5.41) is 2.95. The molecule has 4 nitrogen and oxygen atoms in total. The van der Waals surface area contributed by atoms with Crippen molar-refractivity contribution in [2.45, 2.75) is 0 Å². The van der Waals surface area contributed by atoms with E-state index in [1.165, 1.54) is 6.08 Å². The summed E-state index contributed by atoms with van der Waals surface area (Å²) in [5.74, 6) is -0.176. The molecule has 2 aromatic carbocycles. The molecule has 0 unspecified atom stereocenters. The van der Waals surface area contributed by atoms with Gasteiger partial charge in [-0.05, 0) is 29.8 Å². The number of anilines is 1. The fraction of sp³-hybridized carbons (Fsp3) is 0. The zero-order valence-corrected chi connectivity index (χ0v) is 14.0. The number of pyridine rings is 1. The number of aromatic nitrogens is 2. The average Bonchev–Trinajstić information content (AvgIpc) is 3.12. The molecule has 0 aliphatic heterocycles. The molecular formula is C22H17N3O. The van der Waals surface area contributed by atoms with E-state index in [2.05, 4.69) is 10.3 Å². The summed E-state index contributed by atoms with van der Waals surface area (Å²) in [7, 11) is 0. The van der Waals surface area contributed by atoms with Gasteiger partial charge in [0.1, 0.15) is 5.65 Å². The monoisotopic (exact) mass is 339 g/mol. The molecule has 1 N–H and O–H groups in total. The van der Waals surface area contributed by atoms with E-state index in [1.807, 2.05) is 89.6 Å². The summed E-state index contributed by atoms with van der Waals surface area (Å²) in [6.07, 6.45) is 7.24. The summed E-state index contributed by atoms with van der Waals surface area (Å²) >= 11 is 0. The zero-order valence-electron chi connectivity index (χ0n) is 14.0. The predicted octanol–water partition coefficient (Wildman–Crippen LogP) is 4.65. The van der Waals surface area contributed by atoms with Gasteiger partial charge in [0.05, 0.1) is 11.4 Å². The molecule has 0 atom stereocenters. The van der Waals surface area contributed by atoms with Crippen LogP contribution in [-0.2, 0) is 4.79 Å². The molecular weight excluding hydrogens is 322 g/mol. The van der Waals surface area contributed by atoms with E-state index in [0.717, 1.165) is 28.2 Å². The van der Waals surface area contributed by atoms with Crippen LogP contribution in [0.2, 0.25) is 0 Å². The fourth-order valence-corrected chi connectivity index (χ4v) is 2.79. The molecule has 0 bridgehead atoms. The van der Waals surface area contributed by atoms with Crippen LogP contribution < -0.4 is 5.32 Å². The summed E-state index contributed by atoms with van der Waals surface area (Å²) < 4.78 is 1.96. The standard InChI is InChI=1S/C22H17N3O/c26-22(14-13-17-8-2-1-3-9-17)24-19-11-5-4-10-18(19)20-16-25-15-7-6-12-21(25)23-20/h1-16H,(H,24,26)/b14-13+. The van der Waals surface area contributed by atoms with Gasteiger partial charge < -0.3 is 9.72 Å². The minimum Gasteiger partial charge on any atom is -0.322 e. The molecule has 4 rings (SSSR count). The van der Waals surface area contributed by atoms with Crippen LogP contribution in [0, 0.1) is 0 Å². The normalized spacial score (nSPS) is 11.1. The Kier molecular flexibility index (Phi) is 4.31. The van der Waals surface area contributed by atoms with Crippen LogP contribution in [0.5, 0.6) is 0 Å². The van der Waals surface area contributed by atoms with Crippen molar-refractivity contribution in [3.05, 3.63) is 96.8 Å². The Hall–Kier alpha value is -3.66. The Bertz CT molecular complexity index is 1050. The van der Waals surface area contributed by atoms with Gasteiger partial charge in [-0.2, -0.15) is 0 Å². The third kappa shape index (κ3) is 3.39. The first-order valence-corrected chi connectivity index (χ1v) is 8.37. The lowest BCUT2D eigenvalue weighted by molar-refractivity contribution is -0.111. The first-order chi connectivity index (χ1) is 12.8. The molecule has 4 aromatic rings. The number of nitrogens with zero attached hydrogens (tertiary/aromatic N) is 2. The van der Waals surface area contributed by atoms with Gasteiger partial charge in [0.15, 0.2) is 0 Å². The third-order valence-electron chi connectivity index (χ3n) is 4.05. The van der Waals surface area contributed by atoms with Gasteiger partial charge in [0.2, 0.25) is 5.91 Å². The number of benzene rings is 2. The van der Waals surface area contributed by atoms with Gasteiger partial charge in [0.25, 0.3) is 0 Å². The van der Waals surface area contributed by atoms with Crippen LogP contribution in [0.4, 0.5) is 5.69 Å². The molecule has 0 saturated heterocycles. The van der Waals surface area contributed by atoms with Gasteiger partial charge in [-0.1, -0.05) is 54.6 Å². The number of amides is 1. The van der Waals surface area contributed by atoms with Crippen LogP contribution in [0.25, 0.3) is 23.0 Å². The van der Waals surface area contributed by atoms with Crippen molar-refractivity contribution < 1.29 is 4.79 Å². The molecule has 0 saturated carbocycles. The largest absolute Gasteiger partial charge is 0.322 e. The molecule has 0 aliphatic rings. The fourth-order valence-electron chi connectivity index (χ4n) is 2.79. The predicted molar refractivity (Wildman–Crippen MR) is 105 cm³/mol. The molecule has 26 heavy (non-hydrogen) atoms. The number of imidazole rings is 1. The number of carbonyl (C=O) groups is 1. The maximum Gasteiger partial charge on any atom is 0.248 e. The Morgan fingerprint density at radius 1 is 0.923 bits per heavy atom. The summed E-state index contributed by atoms with van der Waals surface area (Å²) in [5.41, 5.74) is 4.29. The van der Waals surface area contributed by atoms with Crippen molar-refractivity contribution in [2.75, 3.05) is 5.32 Å². The second kappa shape index (κ2) is 7.07. The van der Waals surface area contributed by atoms with E-state index in [0.29, 0.717) is 0 Å². The molecule has 2 aromatic heterocycles. The van der Waals surface area contributed by atoms with E-state index in [9.17, 15) is 4.79 Å². The Morgan fingerprint density at radius 3 is 2.54 bits per heavy atom. The molecule has 0 aliphatic carbocycles. The number of carbonyl (C=O) groups excluding carboxylic acids is 1. The number of para-hydroxylation sites is 1. The maximum atomic E-state index is 12.3. The molecule has 126 valence electrons. The minimum atomic E-state index is -0.176. The lowest BCUT2D eigenvalue weighted by Crippen LogP contribution is -2.08. The van der Waals surface area contributed by atoms with E-state index in [4.69, 9.17) is 0 Å². The molecule has 1 amide bonds. The zero-order chi connectivity index (χ0) is 17.8. The highest BCUT2D eigenvalue weighted by Crippen LogP contribution is 2.27. The maximum absolute atomic E-state index is 12.3. The highest BCUT2D eigenvalue weighted by atomic mass is 16.1. The highest BCUT2D eigenvalue weighted by Gasteiger charge is 2.10. The van der Waals surface area contributed by atoms with Crippen molar-refractivity contribution in [3.63, 3.8) is 0 Å². The van der Waals surface area contributed by atoms with Crippen LogP contribution >= 0.6 is 0 Å². The minimum absolute atomic E-state index is 0.176. The van der Waals surface area contributed by atoms with Gasteiger partial charge in [0, 0.05) is 24.0 Å². The topological polar surface area (TPSA) is 46.4 Å². The molecule has 0 radical (unpaired) electrons. The Balaban J connectivity index is 1.59. The molecule has 2 heterocycles. The van der Waals surface area contributed by atoms with Crippen LogP contribution in [0.15, 0.2) is 91.3 Å². The Labute approximate surface area is 151 Å². The molecule has 0 spiro atoms. The second-order valence-electron chi connectivity index (χ2n) is 5.87. The van der Waals surface area contributed by atoms with Gasteiger partial charge in [-0.3, -0.25) is 4.79 Å². The summed E-state index contributed by atoms with van der Waals surface area (Å²) in [6, 6.07) is 23.3. The van der Waals surface area contributed by atoms with Crippen LogP contribution in [0.3, 0.4) is 0 Å². The van der Waals surface area contributed by atoms with Crippen LogP contribution in [-0.4, -0.2) is 15.3 Å². The van der Waals surface area contributed by atoms with Crippen molar-refractivity contribution in [1.29, 1.82) is 0 Å². The number of rotatable bonds is 4. The first-order valence-electron chi connectivity index (χ1n) is 8.37. The second-order valence-corrected chi connectivity index (χ2v) is 5.87. The van der Waals surface area contributed by atoms with Crippen molar-refractivity contribution >= 4 is 23.3 Å². The van der Waals surface area contributed by atoms with E-state index < -0.39 is 0 Å². The smallest absolute Gasteiger partial charge is 0.248 e. The van der Waals surface area contributed by atoms with E-state index in [-0.39, 0.29) is 5.91 Å². The highest BCUT2D eigenvalue weighted by molar-refractivity contribution is 6.04. The third-order valence-corrected chi connectivity index (χ3v) is 4.05. The van der Waals surface area contributed by atoms with Crippen molar-refractivity contribution in [3.8, 4) is 11.3 Å². The van der Waals surface area contributed by atoms with E-state index in [1.54, 1.807) is 6.08 Å². The number of nitrogens with one attached hydrogen (secondary N) is 1. The van der Waals surface area contributed by atoms with Crippen LogP contribution in [0.1, 0.15) is 5.56 Å². The average molecular weight is 339 g/mol. The number of hydrogen-bond donors (Lipinski definition) is 1. The van der Waals surface area contributed by atoms with E-state index >= 15 is 0 Å². The SMILES string of the molecule is O=C(/C=C/c1ccccc1)Nc1ccccc1-c1cn2ccccc2n1. The molecule has 4 heteroatoms. The number of hydrogen-bond acceptors (Lipinski definition) is 2. The Morgan fingerprint density at radius 2 is 1.69 bits per heavy atom. The number of fused-ring (bicyclic) bond motifs is 1. The summed E-state index contributed by atoms with van der Waals surface area (Å²) in [4.78, 5) is 17.0. The quantitative estimate of drug-likeness (QED) is 0.550. The van der Waals surface area contributed by atoms with Gasteiger partial charge >= 0.3 is 0 Å². The lowest BCUT2D eigenvalue weighted by atomic mass is 10.1. The van der Waals surface area contributed by atoms with Gasteiger partial charge in [-0.15, -0.1) is 0 Å². The molecule has 0 fully saturated rings. The lowest BCUT2D eigenvalue weighted by Gasteiger charge is -2.07. The van der Waals surface area contributed by atoms with Crippen molar-refractivity contribution in [1.82, 2.24) is 9.38 Å². The van der Waals surface area contributed by atoms with Crippen molar-refractivity contribution in [2.24, 2.45) is 0 Å². The van der Waals surface area contributed by atoms with Gasteiger partial charge in [-0.25, -0.2) is 4.98 Å². The first kappa shape index (κ1) is 15.8. The summed E-state index contributed by atoms with van der Waals surface area (Å²) in [6.45, 7) is 0.